The molecule has 62 valence electrons. The van der Waals surface area contributed by atoms with Crippen LogP contribution in [0.5, 0.6) is 0 Å². The number of halogens is 1. The van der Waals surface area contributed by atoms with Gasteiger partial charge in [0.25, 0.3) is 0 Å². The highest BCUT2D eigenvalue weighted by Crippen LogP contribution is 2.12. The van der Waals surface area contributed by atoms with Gasteiger partial charge < -0.3 is 5.11 Å². The molecule has 0 bridgehead atoms. The summed E-state index contributed by atoms with van der Waals surface area (Å²) < 4.78 is 0. The summed E-state index contributed by atoms with van der Waals surface area (Å²) in [5, 5.41) is 8.71. The van der Waals surface area contributed by atoms with E-state index in [0.29, 0.717) is 10.6 Å². The molecule has 3 nitrogen and oxygen atoms in total. The lowest BCUT2D eigenvalue weighted by molar-refractivity contribution is 0.206. The maximum absolute atomic E-state index is 10.0. The zero-order chi connectivity index (χ0) is 8.97. The number of nitrogens with zero attached hydrogens (tertiary/aromatic N) is 1. The molecule has 1 rings (SSSR count). The molecule has 0 aliphatic heterocycles. The number of benzene rings is 1. The lowest BCUT2D eigenvalue weighted by Gasteiger charge is -1.93. The maximum Gasteiger partial charge on any atom is 0.431 e. The molecule has 1 N–H and O–H groups in total. The summed E-state index contributed by atoms with van der Waals surface area (Å²) in [7, 11) is 0. The Morgan fingerprint density at radius 3 is 2.75 bits per heavy atom. The molecule has 1 amide bonds. The molecule has 12 heavy (non-hydrogen) atoms. The van der Waals surface area contributed by atoms with Crippen LogP contribution in [-0.2, 0) is 0 Å². The number of rotatable bonds is 1. The lowest BCUT2D eigenvalue weighted by Crippen LogP contribution is -1.88. The van der Waals surface area contributed by atoms with Crippen molar-refractivity contribution in [1.82, 2.24) is 0 Å². The SMILES string of the molecule is O=C(O)/N=C/c1ccccc1Cl. The summed E-state index contributed by atoms with van der Waals surface area (Å²) in [4.78, 5) is 13.2. The van der Waals surface area contributed by atoms with Crippen molar-refractivity contribution in [1.29, 1.82) is 0 Å². The summed E-state index contributed by atoms with van der Waals surface area (Å²) >= 11 is 5.72. The van der Waals surface area contributed by atoms with E-state index in [2.05, 4.69) is 4.99 Å². The van der Waals surface area contributed by atoms with Crippen molar-refractivity contribution in [3.05, 3.63) is 34.9 Å². The minimum absolute atomic E-state index is 0.488. The van der Waals surface area contributed by atoms with Crippen molar-refractivity contribution < 1.29 is 9.90 Å². The number of aliphatic imine (C=N–C) groups is 1. The third kappa shape index (κ3) is 2.36. The van der Waals surface area contributed by atoms with E-state index in [1.54, 1.807) is 24.3 Å². The second kappa shape index (κ2) is 3.88. The van der Waals surface area contributed by atoms with Crippen molar-refractivity contribution >= 4 is 23.9 Å². The van der Waals surface area contributed by atoms with Crippen LogP contribution >= 0.6 is 11.6 Å². The number of carbonyl (C=O) groups is 1. The minimum Gasteiger partial charge on any atom is -0.463 e. The fourth-order valence-corrected chi connectivity index (χ4v) is 0.889. The Morgan fingerprint density at radius 1 is 1.50 bits per heavy atom. The Hall–Kier alpha value is -1.35. The van der Waals surface area contributed by atoms with Crippen molar-refractivity contribution in [2.75, 3.05) is 0 Å². The van der Waals surface area contributed by atoms with Crippen LogP contribution in [-0.4, -0.2) is 17.4 Å². The van der Waals surface area contributed by atoms with Gasteiger partial charge in [0.15, 0.2) is 0 Å². The van der Waals surface area contributed by atoms with Crippen LogP contribution in [0.15, 0.2) is 29.3 Å². The van der Waals surface area contributed by atoms with Crippen LogP contribution in [0, 0.1) is 0 Å². The molecule has 0 unspecified atom stereocenters. The van der Waals surface area contributed by atoms with Gasteiger partial charge >= 0.3 is 6.09 Å². The minimum atomic E-state index is -1.23. The number of hydrogen-bond donors (Lipinski definition) is 1. The molecule has 0 radical (unpaired) electrons. The van der Waals surface area contributed by atoms with Crippen LogP contribution in [0.1, 0.15) is 5.56 Å². The van der Waals surface area contributed by atoms with Gasteiger partial charge in [0.2, 0.25) is 0 Å². The van der Waals surface area contributed by atoms with Gasteiger partial charge in [-0.3, -0.25) is 0 Å². The number of carboxylic acid groups (broad SMARTS) is 1. The molecule has 0 aromatic heterocycles. The summed E-state index contributed by atoms with van der Waals surface area (Å²) in [5.41, 5.74) is 0.599. The van der Waals surface area contributed by atoms with E-state index in [9.17, 15) is 4.79 Å². The first-order chi connectivity index (χ1) is 5.70. The molecule has 0 aliphatic carbocycles. The van der Waals surface area contributed by atoms with Crippen molar-refractivity contribution in [2.24, 2.45) is 4.99 Å². The summed E-state index contributed by atoms with van der Waals surface area (Å²) in [5.74, 6) is 0. The number of hydrogen-bond acceptors (Lipinski definition) is 1. The average molecular weight is 184 g/mol. The van der Waals surface area contributed by atoms with Crippen molar-refractivity contribution in [2.45, 2.75) is 0 Å². The van der Waals surface area contributed by atoms with Gasteiger partial charge in [-0.15, -0.1) is 0 Å². The van der Waals surface area contributed by atoms with E-state index < -0.39 is 6.09 Å². The Morgan fingerprint density at radius 2 is 2.17 bits per heavy atom. The van der Waals surface area contributed by atoms with Gasteiger partial charge in [-0.1, -0.05) is 29.8 Å². The van der Waals surface area contributed by atoms with Crippen LogP contribution in [0.3, 0.4) is 0 Å². The molecule has 0 atom stereocenters. The predicted molar refractivity (Wildman–Crippen MR) is 47.1 cm³/mol. The highest BCUT2D eigenvalue weighted by molar-refractivity contribution is 6.33. The molecular formula is C8H6ClNO2. The largest absolute Gasteiger partial charge is 0.463 e. The Balaban J connectivity index is 2.89. The Labute approximate surface area is 74.3 Å². The smallest absolute Gasteiger partial charge is 0.431 e. The zero-order valence-corrected chi connectivity index (χ0v) is 6.82. The molecule has 4 heteroatoms. The molecule has 1 aromatic carbocycles. The third-order valence-corrected chi connectivity index (χ3v) is 1.56. The van der Waals surface area contributed by atoms with Gasteiger partial charge in [0.05, 0.1) is 0 Å². The first-order valence-electron chi connectivity index (χ1n) is 3.21. The standard InChI is InChI=1S/C8H6ClNO2/c9-7-4-2-1-3-6(7)5-10-8(11)12/h1-5H,(H,11,12)/b10-5+. The van der Waals surface area contributed by atoms with Crippen LogP contribution in [0.25, 0.3) is 0 Å². The van der Waals surface area contributed by atoms with Gasteiger partial charge in [-0.05, 0) is 6.07 Å². The fraction of sp³-hybridized carbons (Fsp3) is 0. The predicted octanol–water partition coefficient (Wildman–Crippen LogP) is 2.44. The molecule has 1 aromatic rings. The van der Waals surface area contributed by atoms with E-state index in [4.69, 9.17) is 16.7 Å². The fourth-order valence-electron chi connectivity index (χ4n) is 0.705. The maximum atomic E-state index is 10.0. The second-order valence-corrected chi connectivity index (χ2v) is 2.47. The molecule has 0 aliphatic rings. The quantitative estimate of drug-likeness (QED) is 0.680. The Kier molecular flexibility index (Phi) is 2.82. The van der Waals surface area contributed by atoms with E-state index in [0.717, 1.165) is 0 Å². The lowest BCUT2D eigenvalue weighted by atomic mass is 10.2. The topological polar surface area (TPSA) is 49.7 Å². The summed E-state index contributed by atoms with van der Waals surface area (Å²) in [6.07, 6.45) is -0.0140. The Bertz CT molecular complexity index is 323. The second-order valence-electron chi connectivity index (χ2n) is 2.06. The van der Waals surface area contributed by atoms with Crippen LogP contribution < -0.4 is 0 Å². The molecule has 0 saturated heterocycles. The highest BCUT2D eigenvalue weighted by atomic mass is 35.5. The highest BCUT2D eigenvalue weighted by Gasteiger charge is 1.94. The normalized spacial score (nSPS) is 10.4. The van der Waals surface area contributed by atoms with Gasteiger partial charge in [-0.2, -0.15) is 4.99 Å². The summed E-state index contributed by atoms with van der Waals surface area (Å²) in [6, 6.07) is 6.88. The van der Waals surface area contributed by atoms with Gasteiger partial charge in [-0.25, -0.2) is 4.79 Å². The molecular weight excluding hydrogens is 178 g/mol. The van der Waals surface area contributed by atoms with Crippen LogP contribution in [0.2, 0.25) is 5.02 Å². The van der Waals surface area contributed by atoms with E-state index in [-0.39, 0.29) is 0 Å². The molecule has 0 heterocycles. The molecule has 0 spiro atoms. The third-order valence-electron chi connectivity index (χ3n) is 1.22. The van der Waals surface area contributed by atoms with Gasteiger partial charge in [0, 0.05) is 16.8 Å². The first-order valence-corrected chi connectivity index (χ1v) is 3.59. The van der Waals surface area contributed by atoms with E-state index in [1.165, 1.54) is 6.21 Å². The van der Waals surface area contributed by atoms with E-state index >= 15 is 0 Å². The summed E-state index contributed by atoms with van der Waals surface area (Å²) in [6.45, 7) is 0. The molecule has 0 saturated carbocycles. The van der Waals surface area contributed by atoms with E-state index in [1.807, 2.05) is 0 Å². The van der Waals surface area contributed by atoms with Crippen LogP contribution in [0.4, 0.5) is 4.79 Å². The average Bonchev–Trinajstić information content (AvgIpc) is 2.03. The van der Waals surface area contributed by atoms with Crippen molar-refractivity contribution in [3.8, 4) is 0 Å². The molecule has 0 fully saturated rings. The van der Waals surface area contributed by atoms with Gasteiger partial charge in [0.1, 0.15) is 0 Å². The monoisotopic (exact) mass is 183 g/mol. The van der Waals surface area contributed by atoms with Crippen molar-refractivity contribution in [3.63, 3.8) is 0 Å². The first kappa shape index (κ1) is 8.74. The number of amides is 1. The zero-order valence-electron chi connectivity index (χ0n) is 6.07.